The summed E-state index contributed by atoms with van der Waals surface area (Å²) in [7, 11) is 0. The predicted molar refractivity (Wildman–Crippen MR) is 68.7 cm³/mol. The van der Waals surface area contributed by atoms with Crippen molar-refractivity contribution in [2.24, 2.45) is 0 Å². The maximum Gasteiger partial charge on any atom is 0.138 e. The molecule has 0 aliphatic carbocycles. The molecule has 0 atom stereocenters. The van der Waals surface area contributed by atoms with Crippen LogP contribution in [0.1, 0.15) is 25.0 Å². The van der Waals surface area contributed by atoms with Crippen LogP contribution < -0.4 is 5.73 Å². The second kappa shape index (κ2) is 4.37. The molecule has 2 aromatic rings. The number of piperidine rings is 1. The molecule has 0 radical (unpaired) electrons. The Kier molecular flexibility index (Phi) is 2.73. The summed E-state index contributed by atoms with van der Waals surface area (Å²) < 4.78 is 1.96. The Labute approximate surface area is 101 Å². The highest BCUT2D eigenvalue weighted by Crippen LogP contribution is 2.15. The second-order valence-corrected chi connectivity index (χ2v) is 4.75. The molecular formula is C13H18N4. The lowest BCUT2D eigenvalue weighted by Crippen LogP contribution is -2.29. The van der Waals surface area contributed by atoms with Gasteiger partial charge in [-0.15, -0.1) is 0 Å². The highest BCUT2D eigenvalue weighted by Gasteiger charge is 2.12. The van der Waals surface area contributed by atoms with Crippen molar-refractivity contribution in [1.82, 2.24) is 14.3 Å². The third-order valence-electron chi connectivity index (χ3n) is 3.41. The third kappa shape index (κ3) is 2.13. The van der Waals surface area contributed by atoms with E-state index in [1.807, 2.05) is 22.6 Å². The van der Waals surface area contributed by atoms with Crippen LogP contribution >= 0.6 is 0 Å². The lowest BCUT2D eigenvalue weighted by atomic mass is 10.1. The van der Waals surface area contributed by atoms with E-state index in [0.717, 1.165) is 23.7 Å². The molecule has 0 aromatic carbocycles. The van der Waals surface area contributed by atoms with E-state index >= 15 is 0 Å². The number of fused-ring (bicyclic) bond motifs is 1. The standard InChI is InChI=1S/C13H18N4/c14-12-5-4-6-13-15-11(10-17(12)13)9-16-7-2-1-3-8-16/h4-6,10H,1-3,7-9,14H2. The van der Waals surface area contributed by atoms with Gasteiger partial charge in [-0.2, -0.15) is 0 Å². The van der Waals surface area contributed by atoms with Gasteiger partial charge in [0.25, 0.3) is 0 Å². The van der Waals surface area contributed by atoms with Crippen LogP contribution in [0.5, 0.6) is 0 Å². The minimum atomic E-state index is 0.750. The lowest BCUT2D eigenvalue weighted by Gasteiger charge is -2.25. The Hall–Kier alpha value is -1.55. The molecule has 1 aliphatic rings. The predicted octanol–water partition coefficient (Wildman–Crippen LogP) is 1.90. The summed E-state index contributed by atoms with van der Waals surface area (Å²) in [6, 6.07) is 5.84. The molecule has 90 valence electrons. The molecule has 0 bridgehead atoms. The molecule has 0 amide bonds. The van der Waals surface area contributed by atoms with Crippen LogP contribution in [0, 0.1) is 0 Å². The smallest absolute Gasteiger partial charge is 0.138 e. The number of hydrogen-bond donors (Lipinski definition) is 1. The van der Waals surface area contributed by atoms with E-state index in [1.165, 1.54) is 32.4 Å². The summed E-state index contributed by atoms with van der Waals surface area (Å²) >= 11 is 0. The first-order chi connectivity index (χ1) is 8.33. The molecule has 1 saturated heterocycles. The van der Waals surface area contributed by atoms with E-state index in [9.17, 15) is 0 Å². The summed E-state index contributed by atoms with van der Waals surface area (Å²) in [4.78, 5) is 7.08. The van der Waals surface area contributed by atoms with Gasteiger partial charge in [0.05, 0.1) is 5.69 Å². The van der Waals surface area contributed by atoms with Crippen LogP contribution in [0.4, 0.5) is 5.82 Å². The zero-order valence-corrected chi connectivity index (χ0v) is 9.97. The minimum Gasteiger partial charge on any atom is -0.385 e. The van der Waals surface area contributed by atoms with Gasteiger partial charge in [0.1, 0.15) is 11.5 Å². The number of likely N-dealkylation sites (tertiary alicyclic amines) is 1. The molecule has 1 fully saturated rings. The Morgan fingerprint density at radius 1 is 1.18 bits per heavy atom. The Morgan fingerprint density at radius 3 is 2.76 bits per heavy atom. The van der Waals surface area contributed by atoms with Gasteiger partial charge >= 0.3 is 0 Å². The average molecular weight is 230 g/mol. The van der Waals surface area contributed by atoms with Crippen LogP contribution in [0.2, 0.25) is 0 Å². The number of imidazole rings is 1. The number of nitrogens with two attached hydrogens (primary N) is 1. The molecule has 4 heteroatoms. The van der Waals surface area contributed by atoms with Gasteiger partial charge in [-0.3, -0.25) is 9.30 Å². The number of hydrogen-bond acceptors (Lipinski definition) is 3. The molecule has 0 saturated carbocycles. The number of nitrogens with zero attached hydrogens (tertiary/aromatic N) is 3. The maximum absolute atomic E-state index is 5.91. The van der Waals surface area contributed by atoms with E-state index in [-0.39, 0.29) is 0 Å². The van der Waals surface area contributed by atoms with Crippen molar-refractivity contribution in [1.29, 1.82) is 0 Å². The molecule has 2 N–H and O–H groups in total. The molecule has 3 heterocycles. The Morgan fingerprint density at radius 2 is 2.00 bits per heavy atom. The lowest BCUT2D eigenvalue weighted by molar-refractivity contribution is 0.219. The van der Waals surface area contributed by atoms with Crippen molar-refractivity contribution in [2.45, 2.75) is 25.8 Å². The van der Waals surface area contributed by atoms with Gasteiger partial charge in [0, 0.05) is 12.7 Å². The molecule has 1 aliphatic heterocycles. The summed E-state index contributed by atoms with van der Waals surface area (Å²) in [5, 5.41) is 0. The van der Waals surface area contributed by atoms with Gasteiger partial charge in [0.2, 0.25) is 0 Å². The van der Waals surface area contributed by atoms with Crippen LogP contribution in [-0.2, 0) is 6.54 Å². The molecule has 0 unspecified atom stereocenters. The van der Waals surface area contributed by atoms with Gasteiger partial charge in [-0.05, 0) is 38.1 Å². The van der Waals surface area contributed by atoms with Gasteiger partial charge in [0.15, 0.2) is 0 Å². The first kappa shape index (κ1) is 10.6. The number of pyridine rings is 1. The molecular weight excluding hydrogens is 212 g/mol. The van der Waals surface area contributed by atoms with E-state index in [1.54, 1.807) is 0 Å². The summed E-state index contributed by atoms with van der Waals surface area (Å²) in [6.45, 7) is 3.34. The van der Waals surface area contributed by atoms with Crippen molar-refractivity contribution < 1.29 is 0 Å². The fourth-order valence-corrected chi connectivity index (χ4v) is 2.51. The normalized spacial score (nSPS) is 17.6. The van der Waals surface area contributed by atoms with Crippen molar-refractivity contribution in [3.63, 3.8) is 0 Å². The monoisotopic (exact) mass is 230 g/mol. The first-order valence-corrected chi connectivity index (χ1v) is 6.28. The van der Waals surface area contributed by atoms with E-state index < -0.39 is 0 Å². The molecule has 0 spiro atoms. The average Bonchev–Trinajstić information content (AvgIpc) is 2.74. The summed E-state index contributed by atoms with van der Waals surface area (Å²) in [5.74, 6) is 0.750. The summed E-state index contributed by atoms with van der Waals surface area (Å²) in [5.41, 5.74) is 7.97. The van der Waals surface area contributed by atoms with E-state index in [0.29, 0.717) is 0 Å². The van der Waals surface area contributed by atoms with Crippen LogP contribution in [0.15, 0.2) is 24.4 Å². The van der Waals surface area contributed by atoms with Crippen LogP contribution in [-0.4, -0.2) is 27.4 Å². The number of anilines is 1. The topological polar surface area (TPSA) is 46.6 Å². The maximum atomic E-state index is 5.91. The van der Waals surface area contributed by atoms with Crippen molar-refractivity contribution >= 4 is 11.5 Å². The fraction of sp³-hybridized carbons (Fsp3) is 0.462. The Balaban J connectivity index is 1.83. The van der Waals surface area contributed by atoms with E-state index in [4.69, 9.17) is 5.73 Å². The number of rotatable bonds is 2. The van der Waals surface area contributed by atoms with Crippen molar-refractivity contribution in [3.05, 3.63) is 30.1 Å². The fourth-order valence-electron chi connectivity index (χ4n) is 2.51. The van der Waals surface area contributed by atoms with Crippen molar-refractivity contribution in [3.8, 4) is 0 Å². The first-order valence-electron chi connectivity index (χ1n) is 6.28. The van der Waals surface area contributed by atoms with E-state index in [2.05, 4.69) is 16.1 Å². The molecule has 4 nitrogen and oxygen atoms in total. The number of nitrogen functional groups attached to an aromatic ring is 1. The molecule has 17 heavy (non-hydrogen) atoms. The van der Waals surface area contributed by atoms with Gasteiger partial charge < -0.3 is 5.73 Å². The summed E-state index contributed by atoms with van der Waals surface area (Å²) in [6.07, 6.45) is 6.05. The molecule has 2 aromatic heterocycles. The highest BCUT2D eigenvalue weighted by atomic mass is 15.1. The molecule has 3 rings (SSSR count). The van der Waals surface area contributed by atoms with Crippen LogP contribution in [0.25, 0.3) is 5.65 Å². The second-order valence-electron chi connectivity index (χ2n) is 4.75. The quantitative estimate of drug-likeness (QED) is 0.857. The SMILES string of the molecule is Nc1cccc2nc(CN3CCCCC3)cn12. The van der Waals surface area contributed by atoms with Gasteiger partial charge in [-0.25, -0.2) is 4.98 Å². The third-order valence-corrected chi connectivity index (χ3v) is 3.41. The largest absolute Gasteiger partial charge is 0.385 e. The van der Waals surface area contributed by atoms with Crippen LogP contribution in [0.3, 0.4) is 0 Å². The Bertz CT molecular complexity index is 511. The zero-order chi connectivity index (χ0) is 11.7. The van der Waals surface area contributed by atoms with Gasteiger partial charge in [-0.1, -0.05) is 12.5 Å². The zero-order valence-electron chi connectivity index (χ0n) is 9.97. The number of aromatic nitrogens is 2. The van der Waals surface area contributed by atoms with Crippen molar-refractivity contribution in [2.75, 3.05) is 18.8 Å². The minimum absolute atomic E-state index is 0.750. The highest BCUT2D eigenvalue weighted by molar-refractivity contribution is 5.48.